The van der Waals surface area contributed by atoms with Crippen molar-refractivity contribution in [3.63, 3.8) is 0 Å². The van der Waals surface area contributed by atoms with Crippen LogP contribution in [0.2, 0.25) is 0 Å². The summed E-state index contributed by atoms with van der Waals surface area (Å²) in [5.41, 5.74) is -0.717. The third-order valence-corrected chi connectivity index (χ3v) is 5.01. The lowest BCUT2D eigenvalue weighted by Gasteiger charge is -2.26. The Morgan fingerprint density at radius 3 is 2.72 bits per heavy atom. The van der Waals surface area contributed by atoms with Gasteiger partial charge in [0, 0.05) is 20.0 Å². The van der Waals surface area contributed by atoms with E-state index in [0.717, 1.165) is 45.4 Å². The van der Waals surface area contributed by atoms with Crippen LogP contribution < -0.4 is 5.32 Å². The van der Waals surface area contributed by atoms with Gasteiger partial charge in [-0.05, 0) is 45.2 Å². The molecule has 0 aromatic carbocycles. The number of aryl methyl sites for hydroxylation is 1. The summed E-state index contributed by atoms with van der Waals surface area (Å²) in [7, 11) is 0. The lowest BCUT2D eigenvalue weighted by atomic mass is 9.98. The minimum absolute atomic E-state index is 0.0572. The van der Waals surface area contributed by atoms with Gasteiger partial charge in [0.05, 0.1) is 19.2 Å². The number of amides is 1. The predicted molar refractivity (Wildman–Crippen MR) is 90.3 cm³/mol. The standard InChI is InChI=1S/C17H26N6O2/c1-13-19-15(21-25-13)10-22-6-3-7-23(9-8-22)11-16(24)20-17(2,12-18)14-4-5-14/h14H,3-11H2,1-2H3,(H,20,24)/t17-/m0/s1. The van der Waals surface area contributed by atoms with E-state index in [2.05, 4.69) is 31.3 Å². The van der Waals surface area contributed by atoms with Crippen molar-refractivity contribution in [1.82, 2.24) is 25.3 Å². The third kappa shape index (κ3) is 4.77. The molecule has 0 spiro atoms. The van der Waals surface area contributed by atoms with Gasteiger partial charge in [-0.15, -0.1) is 0 Å². The quantitative estimate of drug-likeness (QED) is 0.809. The van der Waals surface area contributed by atoms with Crippen LogP contribution in [-0.2, 0) is 11.3 Å². The molecule has 1 saturated carbocycles. The first-order chi connectivity index (χ1) is 12.0. The highest BCUT2D eigenvalue weighted by Crippen LogP contribution is 2.39. The van der Waals surface area contributed by atoms with Crippen LogP contribution in [0.4, 0.5) is 0 Å². The number of rotatable bonds is 6. The van der Waals surface area contributed by atoms with Crippen molar-refractivity contribution in [3.8, 4) is 6.07 Å². The van der Waals surface area contributed by atoms with Crippen LogP contribution in [0.3, 0.4) is 0 Å². The Labute approximate surface area is 148 Å². The largest absolute Gasteiger partial charge is 0.340 e. The van der Waals surface area contributed by atoms with Crippen molar-refractivity contribution in [2.75, 3.05) is 32.7 Å². The maximum Gasteiger partial charge on any atom is 0.235 e. The number of nitrogens with zero attached hydrogens (tertiary/aromatic N) is 5. The van der Waals surface area contributed by atoms with Crippen LogP contribution in [0.15, 0.2) is 4.52 Å². The lowest BCUT2D eigenvalue weighted by Crippen LogP contribution is -2.50. The molecule has 1 amide bonds. The molecule has 8 nitrogen and oxygen atoms in total. The smallest absolute Gasteiger partial charge is 0.235 e. The van der Waals surface area contributed by atoms with Gasteiger partial charge in [0.2, 0.25) is 11.8 Å². The van der Waals surface area contributed by atoms with Crippen molar-refractivity contribution in [3.05, 3.63) is 11.7 Å². The third-order valence-electron chi connectivity index (χ3n) is 5.01. The normalized spacial score (nSPS) is 22.0. The van der Waals surface area contributed by atoms with Gasteiger partial charge in [-0.25, -0.2) is 0 Å². The highest BCUT2D eigenvalue weighted by Gasteiger charge is 2.43. The second-order valence-corrected chi connectivity index (χ2v) is 7.27. The molecule has 25 heavy (non-hydrogen) atoms. The second-order valence-electron chi connectivity index (χ2n) is 7.27. The van der Waals surface area contributed by atoms with E-state index in [-0.39, 0.29) is 5.91 Å². The summed E-state index contributed by atoms with van der Waals surface area (Å²) in [4.78, 5) is 21.0. The molecular weight excluding hydrogens is 320 g/mol. The van der Waals surface area contributed by atoms with E-state index in [4.69, 9.17) is 4.52 Å². The Bertz CT molecular complexity index is 650. The second kappa shape index (κ2) is 7.50. The summed E-state index contributed by atoms with van der Waals surface area (Å²) in [5.74, 6) is 1.54. The highest BCUT2D eigenvalue weighted by atomic mass is 16.5. The van der Waals surface area contributed by atoms with Gasteiger partial charge in [0.15, 0.2) is 5.82 Å². The highest BCUT2D eigenvalue weighted by molar-refractivity contribution is 5.79. The summed E-state index contributed by atoms with van der Waals surface area (Å²) in [5, 5.41) is 16.3. The summed E-state index contributed by atoms with van der Waals surface area (Å²) in [6.45, 7) is 8.14. The average Bonchev–Trinajstić information content (AvgIpc) is 3.37. The fraction of sp³-hybridized carbons (Fsp3) is 0.765. The number of carbonyl (C=O) groups excluding carboxylic acids is 1. The molecule has 2 aliphatic rings. The molecule has 136 valence electrons. The number of hydrogen-bond donors (Lipinski definition) is 1. The molecule has 2 heterocycles. The summed E-state index contributed by atoms with van der Waals surface area (Å²) >= 11 is 0. The van der Waals surface area contributed by atoms with Crippen molar-refractivity contribution in [2.24, 2.45) is 5.92 Å². The molecule has 0 bridgehead atoms. The molecule has 1 N–H and O–H groups in total. The molecule has 3 rings (SSSR count). The summed E-state index contributed by atoms with van der Waals surface area (Å²) in [6, 6.07) is 2.28. The minimum atomic E-state index is -0.717. The monoisotopic (exact) mass is 346 g/mol. The molecule has 0 unspecified atom stereocenters. The fourth-order valence-corrected chi connectivity index (χ4v) is 3.36. The average molecular weight is 346 g/mol. The molecule has 1 aromatic heterocycles. The van der Waals surface area contributed by atoms with E-state index in [1.807, 2.05) is 6.92 Å². The Morgan fingerprint density at radius 2 is 2.08 bits per heavy atom. The summed E-state index contributed by atoms with van der Waals surface area (Å²) < 4.78 is 5.01. The van der Waals surface area contributed by atoms with E-state index in [1.165, 1.54) is 0 Å². The predicted octanol–water partition coefficient (Wildman–Crippen LogP) is 0.694. The zero-order chi connectivity index (χ0) is 17.9. The van der Waals surface area contributed by atoms with Crippen LogP contribution in [-0.4, -0.2) is 64.1 Å². The van der Waals surface area contributed by atoms with Crippen LogP contribution in [0.25, 0.3) is 0 Å². The fourth-order valence-electron chi connectivity index (χ4n) is 3.36. The van der Waals surface area contributed by atoms with Gasteiger partial charge in [0.25, 0.3) is 0 Å². The van der Waals surface area contributed by atoms with E-state index in [1.54, 1.807) is 6.92 Å². The molecule has 1 aliphatic carbocycles. The maximum atomic E-state index is 12.4. The Balaban J connectivity index is 1.46. The van der Waals surface area contributed by atoms with Crippen molar-refractivity contribution >= 4 is 5.91 Å². The van der Waals surface area contributed by atoms with Crippen LogP contribution in [0.5, 0.6) is 0 Å². The van der Waals surface area contributed by atoms with Gasteiger partial charge in [-0.1, -0.05) is 5.16 Å². The SMILES string of the molecule is Cc1nc(CN2CCCN(CC(=O)N[C@@](C)(C#N)C3CC3)CC2)no1. The van der Waals surface area contributed by atoms with Gasteiger partial charge in [-0.3, -0.25) is 14.6 Å². The Morgan fingerprint density at radius 1 is 1.36 bits per heavy atom. The maximum absolute atomic E-state index is 12.4. The Hall–Kier alpha value is -1.98. The molecule has 8 heteroatoms. The van der Waals surface area contributed by atoms with Crippen molar-refractivity contribution < 1.29 is 9.32 Å². The number of nitrogens with one attached hydrogen (secondary N) is 1. The number of carbonyl (C=O) groups is 1. The lowest BCUT2D eigenvalue weighted by molar-refractivity contribution is -0.123. The number of aromatic nitrogens is 2. The molecule has 0 radical (unpaired) electrons. The number of hydrogen-bond acceptors (Lipinski definition) is 7. The molecular formula is C17H26N6O2. The van der Waals surface area contributed by atoms with Gasteiger partial charge in [-0.2, -0.15) is 10.2 Å². The summed E-state index contributed by atoms with van der Waals surface area (Å²) in [6.07, 6.45) is 3.04. The molecule has 1 aromatic rings. The van der Waals surface area contributed by atoms with Crippen LogP contribution in [0.1, 0.15) is 37.9 Å². The first kappa shape index (κ1) is 17.8. The first-order valence-corrected chi connectivity index (χ1v) is 8.94. The van der Waals surface area contributed by atoms with E-state index in [9.17, 15) is 10.1 Å². The van der Waals surface area contributed by atoms with E-state index < -0.39 is 5.54 Å². The number of nitriles is 1. The first-order valence-electron chi connectivity index (χ1n) is 8.94. The van der Waals surface area contributed by atoms with Crippen molar-refractivity contribution in [1.29, 1.82) is 5.26 Å². The molecule has 2 fully saturated rings. The van der Waals surface area contributed by atoms with Crippen LogP contribution >= 0.6 is 0 Å². The van der Waals surface area contributed by atoms with Gasteiger partial charge >= 0.3 is 0 Å². The van der Waals surface area contributed by atoms with Gasteiger partial charge in [0.1, 0.15) is 5.54 Å². The molecule has 1 aliphatic heterocycles. The topological polar surface area (TPSA) is 98.3 Å². The van der Waals surface area contributed by atoms with Gasteiger partial charge < -0.3 is 9.84 Å². The Kier molecular flexibility index (Phi) is 5.35. The molecule has 1 saturated heterocycles. The van der Waals surface area contributed by atoms with Crippen molar-refractivity contribution in [2.45, 2.75) is 45.2 Å². The molecule has 1 atom stereocenters. The zero-order valence-corrected chi connectivity index (χ0v) is 15.0. The van der Waals surface area contributed by atoms with Crippen LogP contribution in [0, 0.1) is 24.2 Å². The zero-order valence-electron chi connectivity index (χ0n) is 15.0. The minimum Gasteiger partial charge on any atom is -0.340 e. The van der Waals surface area contributed by atoms with E-state index >= 15 is 0 Å². The van der Waals surface area contributed by atoms with E-state index in [0.29, 0.717) is 30.7 Å².